The number of hydrogen-bond donors (Lipinski definition) is 2. The van der Waals surface area contributed by atoms with E-state index in [-0.39, 0.29) is 24.3 Å². The van der Waals surface area contributed by atoms with E-state index in [4.69, 9.17) is 32.2 Å². The number of unbranched alkanes of at least 4 members (excludes halogenated alkanes) is 2. The first-order valence-electron chi connectivity index (χ1n) is 21.5. The van der Waals surface area contributed by atoms with Crippen LogP contribution in [0.4, 0.5) is 5.82 Å². The predicted octanol–water partition coefficient (Wildman–Crippen LogP) is 9.08. The lowest BCUT2D eigenvalue weighted by Gasteiger charge is -2.32. The van der Waals surface area contributed by atoms with Gasteiger partial charge in [0.2, 0.25) is 11.8 Å². The number of nitrogens with zero attached hydrogens (tertiary/aromatic N) is 9. The topological polar surface area (TPSA) is 171 Å². The van der Waals surface area contributed by atoms with Crippen LogP contribution in [0.5, 0.6) is 11.5 Å². The molecular weight excluding hydrogens is 846 g/mol. The molecule has 326 valence electrons. The van der Waals surface area contributed by atoms with Gasteiger partial charge in [0.15, 0.2) is 11.5 Å². The number of para-hydroxylation sites is 1. The van der Waals surface area contributed by atoms with Crippen molar-refractivity contribution in [3.8, 4) is 27.8 Å². The molecule has 0 saturated carbocycles. The van der Waals surface area contributed by atoms with Gasteiger partial charge in [0.1, 0.15) is 46.2 Å². The van der Waals surface area contributed by atoms with Crippen LogP contribution in [-0.2, 0) is 9.59 Å². The maximum Gasteiger partial charge on any atom is 0.246 e. The Morgan fingerprint density at radius 3 is 2.52 bits per heavy atom. The molecule has 64 heavy (non-hydrogen) atoms. The van der Waals surface area contributed by atoms with Gasteiger partial charge in [-0.3, -0.25) is 19.1 Å². The lowest BCUT2D eigenvalue weighted by atomic mass is 9.99. The standard InChI is InChI=1S/C48H48ClN11O3S/c1-29-30(2)64-48-41(29)43(32-16-20-34(49)21-17-32)54-38(46-56-55-31(3)59(46)48)26-39(61)51-24-10-5-4-9-15-40(62)58-25-11-12-35(27-58)60-47-42(45(50)52-28-53-47)44(57-60)33-18-22-37(23-19-33)63-36-13-7-6-8-14-36/h6-9,13-23,28,35,38H,4-5,10-12,24-27H2,1-3H3,(H,51,61)(H2,50,52,53)/b15-9+/t35-,38+/m1/s1. The van der Waals surface area contributed by atoms with Crippen LogP contribution >= 0.6 is 22.9 Å². The molecule has 0 aliphatic carbocycles. The molecule has 0 unspecified atom stereocenters. The van der Waals surface area contributed by atoms with Crippen LogP contribution in [0.25, 0.3) is 27.3 Å². The maximum absolute atomic E-state index is 13.4. The Morgan fingerprint density at radius 2 is 1.72 bits per heavy atom. The minimum atomic E-state index is -0.534. The molecular formula is C48H48ClN11O3S. The largest absolute Gasteiger partial charge is 0.457 e. The van der Waals surface area contributed by atoms with E-state index in [1.165, 1.54) is 11.2 Å². The number of nitrogens with two attached hydrogens (primary N) is 1. The van der Waals surface area contributed by atoms with Crippen molar-refractivity contribution in [1.29, 1.82) is 0 Å². The van der Waals surface area contributed by atoms with Crippen LogP contribution in [0, 0.1) is 20.8 Å². The summed E-state index contributed by atoms with van der Waals surface area (Å²) in [6.07, 6.45) is 9.11. The number of hydrogen-bond acceptors (Lipinski definition) is 11. The molecule has 2 atom stereocenters. The number of carbonyl (C=O) groups is 2. The lowest BCUT2D eigenvalue weighted by Crippen LogP contribution is -2.40. The first kappa shape index (κ1) is 42.6. The summed E-state index contributed by atoms with van der Waals surface area (Å²) in [6, 6.07) is 24.4. The number of rotatable bonds is 13. The van der Waals surface area contributed by atoms with Crippen LogP contribution in [-0.4, -0.2) is 76.6 Å². The SMILES string of the molecule is Cc1sc2c(c1C)C(c1ccc(Cl)cc1)=N[C@@H](CC(=O)NCCCC/C=C/C(=O)N1CCC[C@@H](n3nc(-c4ccc(Oc5ccccc5)cc4)c4c(N)ncnc43)C1)c1nnc(C)n1-2. The molecule has 9 rings (SSSR count). The van der Waals surface area contributed by atoms with E-state index in [0.29, 0.717) is 65.2 Å². The van der Waals surface area contributed by atoms with Crippen molar-refractivity contribution in [2.24, 2.45) is 4.99 Å². The van der Waals surface area contributed by atoms with Crippen LogP contribution in [0.2, 0.25) is 5.02 Å². The van der Waals surface area contributed by atoms with Gasteiger partial charge in [0.05, 0.1) is 23.6 Å². The number of aliphatic imine (C=N–C) groups is 1. The van der Waals surface area contributed by atoms with Gasteiger partial charge < -0.3 is 20.7 Å². The quantitative estimate of drug-likeness (QED) is 0.0847. The number of aryl methyl sites for hydroxylation is 2. The van der Waals surface area contributed by atoms with E-state index < -0.39 is 6.04 Å². The first-order chi connectivity index (χ1) is 31.1. The highest BCUT2D eigenvalue weighted by Gasteiger charge is 2.33. The Hall–Kier alpha value is -6.71. The average Bonchev–Trinajstić information content (AvgIpc) is 3.95. The third-order valence-electron chi connectivity index (χ3n) is 11.8. The average molecular weight is 895 g/mol. The molecule has 1 saturated heterocycles. The molecule has 2 aliphatic rings. The zero-order chi connectivity index (χ0) is 44.3. The number of nitrogen functional groups attached to an aromatic ring is 1. The Balaban J connectivity index is 0.791. The van der Waals surface area contributed by atoms with Crippen molar-refractivity contribution in [1.82, 2.24) is 44.7 Å². The molecule has 3 aromatic carbocycles. The number of likely N-dealkylation sites (tertiary alicyclic amines) is 1. The number of carbonyl (C=O) groups excluding carboxylic acids is 2. The fourth-order valence-electron chi connectivity index (χ4n) is 8.40. The van der Waals surface area contributed by atoms with Crippen molar-refractivity contribution in [3.63, 3.8) is 0 Å². The van der Waals surface area contributed by atoms with E-state index in [1.807, 2.05) is 106 Å². The number of anilines is 1. The first-order valence-corrected chi connectivity index (χ1v) is 22.7. The summed E-state index contributed by atoms with van der Waals surface area (Å²) < 4.78 is 9.95. The smallest absolute Gasteiger partial charge is 0.246 e. The number of ether oxygens (including phenoxy) is 1. The Labute approximate surface area is 379 Å². The molecule has 0 bridgehead atoms. The van der Waals surface area contributed by atoms with E-state index >= 15 is 0 Å². The molecule has 1 fully saturated rings. The van der Waals surface area contributed by atoms with Crippen molar-refractivity contribution >= 4 is 57.3 Å². The summed E-state index contributed by atoms with van der Waals surface area (Å²) in [5.74, 6) is 3.05. The summed E-state index contributed by atoms with van der Waals surface area (Å²) in [5, 5.41) is 19.4. The lowest BCUT2D eigenvalue weighted by molar-refractivity contribution is -0.127. The maximum atomic E-state index is 13.4. The van der Waals surface area contributed by atoms with E-state index in [2.05, 4.69) is 39.3 Å². The molecule has 0 spiro atoms. The number of fused-ring (bicyclic) bond motifs is 4. The fraction of sp³-hybridized carbons (Fsp3) is 0.292. The van der Waals surface area contributed by atoms with Crippen molar-refractivity contribution < 1.29 is 14.3 Å². The van der Waals surface area contributed by atoms with E-state index in [0.717, 1.165) is 70.2 Å². The summed E-state index contributed by atoms with van der Waals surface area (Å²) in [5.41, 5.74) is 12.5. The summed E-state index contributed by atoms with van der Waals surface area (Å²) in [6.45, 7) is 7.80. The molecule has 4 aromatic heterocycles. The minimum absolute atomic E-state index is 0.0393. The number of allylic oxidation sites excluding steroid dienone is 1. The van der Waals surface area contributed by atoms with Gasteiger partial charge >= 0.3 is 0 Å². The van der Waals surface area contributed by atoms with Gasteiger partial charge in [0.25, 0.3) is 0 Å². The van der Waals surface area contributed by atoms with Crippen LogP contribution < -0.4 is 15.8 Å². The summed E-state index contributed by atoms with van der Waals surface area (Å²) in [7, 11) is 0. The molecule has 7 aromatic rings. The molecule has 6 heterocycles. The van der Waals surface area contributed by atoms with Gasteiger partial charge in [-0.1, -0.05) is 48.0 Å². The van der Waals surface area contributed by atoms with Gasteiger partial charge in [-0.05, 0) is 113 Å². The highest BCUT2D eigenvalue weighted by atomic mass is 35.5. The molecule has 14 nitrogen and oxygen atoms in total. The van der Waals surface area contributed by atoms with Gasteiger partial charge in [0, 0.05) is 46.2 Å². The highest BCUT2D eigenvalue weighted by Crippen LogP contribution is 2.40. The van der Waals surface area contributed by atoms with E-state index in [9.17, 15) is 9.59 Å². The second-order valence-corrected chi connectivity index (χ2v) is 17.8. The third-order valence-corrected chi connectivity index (χ3v) is 13.2. The van der Waals surface area contributed by atoms with Crippen LogP contribution in [0.1, 0.15) is 83.8 Å². The van der Waals surface area contributed by atoms with E-state index in [1.54, 1.807) is 17.4 Å². The number of thiophene rings is 1. The molecule has 2 amide bonds. The number of nitrogens with one attached hydrogen (secondary N) is 1. The fourth-order valence-corrected chi connectivity index (χ4v) is 9.74. The second kappa shape index (κ2) is 18.6. The minimum Gasteiger partial charge on any atom is -0.457 e. The number of piperidine rings is 1. The monoisotopic (exact) mass is 893 g/mol. The number of benzene rings is 3. The second-order valence-electron chi connectivity index (χ2n) is 16.1. The zero-order valence-corrected chi connectivity index (χ0v) is 37.4. The van der Waals surface area contributed by atoms with Crippen LogP contribution in [0.15, 0.2) is 102 Å². The summed E-state index contributed by atoms with van der Waals surface area (Å²) >= 11 is 7.94. The van der Waals surface area contributed by atoms with Crippen molar-refractivity contribution in [2.45, 2.75) is 71.4 Å². The van der Waals surface area contributed by atoms with Gasteiger partial charge in [-0.2, -0.15) is 5.10 Å². The Morgan fingerprint density at radius 1 is 0.953 bits per heavy atom. The Bertz CT molecular complexity index is 2890. The molecule has 0 radical (unpaired) electrons. The van der Waals surface area contributed by atoms with Crippen molar-refractivity contribution in [2.75, 3.05) is 25.4 Å². The van der Waals surface area contributed by atoms with Crippen LogP contribution in [0.3, 0.4) is 0 Å². The number of halogens is 1. The zero-order valence-electron chi connectivity index (χ0n) is 35.9. The summed E-state index contributed by atoms with van der Waals surface area (Å²) in [4.78, 5) is 44.0. The highest BCUT2D eigenvalue weighted by molar-refractivity contribution is 7.15. The normalized spacial score (nSPS) is 16.1. The molecule has 3 N–H and O–H groups in total. The molecule has 16 heteroatoms. The predicted molar refractivity (Wildman–Crippen MR) is 250 cm³/mol. The Kier molecular flexibility index (Phi) is 12.3. The number of aromatic nitrogens is 7. The van der Waals surface area contributed by atoms with Crippen molar-refractivity contribution in [3.05, 3.63) is 136 Å². The number of amides is 2. The molecule has 2 aliphatic heterocycles. The third kappa shape index (κ3) is 8.77. The van der Waals surface area contributed by atoms with Gasteiger partial charge in [-0.25, -0.2) is 14.6 Å². The van der Waals surface area contributed by atoms with Gasteiger partial charge in [-0.15, -0.1) is 21.5 Å².